The summed E-state index contributed by atoms with van der Waals surface area (Å²) in [7, 11) is 1.27. The molecule has 0 aromatic rings. The molecule has 1 heterocycles. The number of carbonyl (C=O) groups excluding carboxylic acids is 2. The summed E-state index contributed by atoms with van der Waals surface area (Å²) in [5.41, 5.74) is -2.39. The van der Waals surface area contributed by atoms with E-state index in [0.29, 0.717) is 6.42 Å². The first-order valence-corrected chi connectivity index (χ1v) is 4.45. The van der Waals surface area contributed by atoms with E-state index in [1.165, 1.54) is 14.0 Å². The summed E-state index contributed by atoms with van der Waals surface area (Å²) in [5.74, 6) is -1.02. The summed E-state index contributed by atoms with van der Waals surface area (Å²) in [6.45, 7) is 3.02. The van der Waals surface area contributed by atoms with Crippen LogP contribution in [0.2, 0.25) is 0 Å². The van der Waals surface area contributed by atoms with Crippen molar-refractivity contribution in [2.45, 2.75) is 37.8 Å². The van der Waals surface area contributed by atoms with Crippen molar-refractivity contribution >= 4 is 11.9 Å². The van der Waals surface area contributed by atoms with E-state index < -0.39 is 23.0 Å². The van der Waals surface area contributed by atoms with Crippen LogP contribution in [0.3, 0.4) is 0 Å². The summed E-state index contributed by atoms with van der Waals surface area (Å²) in [6, 6.07) is 0. The molecular weight excluding hydrogens is 186 g/mol. The lowest BCUT2D eigenvalue weighted by Crippen LogP contribution is -2.63. The maximum absolute atomic E-state index is 11.4. The largest absolute Gasteiger partial charge is 0.467 e. The quantitative estimate of drug-likeness (QED) is 0.565. The van der Waals surface area contributed by atoms with Crippen LogP contribution in [0.1, 0.15) is 26.7 Å². The molecule has 1 amide bonds. The molecule has 1 saturated heterocycles. The van der Waals surface area contributed by atoms with Gasteiger partial charge in [-0.1, -0.05) is 0 Å². The summed E-state index contributed by atoms with van der Waals surface area (Å²) in [5, 5.41) is 12.0. The zero-order valence-electron chi connectivity index (χ0n) is 8.59. The van der Waals surface area contributed by atoms with Crippen molar-refractivity contribution in [1.82, 2.24) is 5.32 Å². The van der Waals surface area contributed by atoms with Gasteiger partial charge in [-0.25, -0.2) is 4.79 Å². The van der Waals surface area contributed by atoms with Gasteiger partial charge in [0, 0.05) is 0 Å². The Balaban J connectivity index is 2.81. The minimum atomic E-state index is -1.38. The van der Waals surface area contributed by atoms with Crippen LogP contribution in [-0.4, -0.2) is 35.2 Å². The van der Waals surface area contributed by atoms with Crippen molar-refractivity contribution in [3.8, 4) is 0 Å². The normalized spacial score (nSPS) is 37.6. The predicted octanol–water partition coefficient (Wildman–Crippen LogP) is -0.421. The summed E-state index contributed by atoms with van der Waals surface area (Å²) < 4.78 is 4.57. The number of rotatable bonds is 1. The highest BCUT2D eigenvalue weighted by atomic mass is 16.5. The predicted molar refractivity (Wildman–Crippen MR) is 48.4 cm³/mol. The molecular formula is C9H15NO4. The van der Waals surface area contributed by atoms with Crippen molar-refractivity contribution < 1.29 is 19.4 Å². The molecule has 2 atom stereocenters. The first-order valence-electron chi connectivity index (χ1n) is 4.45. The van der Waals surface area contributed by atoms with Gasteiger partial charge in [-0.05, 0) is 26.7 Å². The van der Waals surface area contributed by atoms with Crippen LogP contribution in [-0.2, 0) is 14.3 Å². The molecule has 5 nitrogen and oxygen atoms in total. The van der Waals surface area contributed by atoms with Gasteiger partial charge in [0.05, 0.1) is 7.11 Å². The van der Waals surface area contributed by atoms with Crippen LogP contribution in [0.4, 0.5) is 0 Å². The Labute approximate surface area is 82.4 Å². The molecule has 1 aliphatic heterocycles. The Bertz CT molecular complexity index is 274. The average Bonchev–Trinajstić information content (AvgIpc) is 2.11. The van der Waals surface area contributed by atoms with Crippen LogP contribution in [0, 0.1) is 0 Å². The topological polar surface area (TPSA) is 75.6 Å². The zero-order chi connectivity index (χ0) is 11.0. The number of amides is 1. The second-order valence-corrected chi connectivity index (χ2v) is 4.05. The van der Waals surface area contributed by atoms with Crippen LogP contribution < -0.4 is 5.32 Å². The fraction of sp³-hybridized carbons (Fsp3) is 0.778. The van der Waals surface area contributed by atoms with Crippen molar-refractivity contribution in [3.63, 3.8) is 0 Å². The molecule has 0 saturated carbocycles. The summed E-state index contributed by atoms with van der Waals surface area (Å²) >= 11 is 0. The number of hydrogen-bond donors (Lipinski definition) is 2. The Morgan fingerprint density at radius 2 is 2.07 bits per heavy atom. The molecule has 1 aliphatic rings. The second-order valence-electron chi connectivity index (χ2n) is 4.05. The number of esters is 1. The highest BCUT2D eigenvalue weighted by Crippen LogP contribution is 2.26. The van der Waals surface area contributed by atoms with Crippen molar-refractivity contribution in [3.05, 3.63) is 0 Å². The molecule has 80 valence electrons. The second kappa shape index (κ2) is 3.24. The first kappa shape index (κ1) is 11.0. The van der Waals surface area contributed by atoms with E-state index in [2.05, 4.69) is 10.1 Å². The van der Waals surface area contributed by atoms with Crippen LogP contribution in [0.5, 0.6) is 0 Å². The minimum absolute atomic E-state index is 0.254. The number of nitrogens with one attached hydrogen (secondary N) is 1. The van der Waals surface area contributed by atoms with Crippen LogP contribution >= 0.6 is 0 Å². The summed E-state index contributed by atoms with van der Waals surface area (Å²) in [4.78, 5) is 22.7. The smallest absolute Gasteiger partial charge is 0.331 e. The average molecular weight is 201 g/mol. The fourth-order valence-electron chi connectivity index (χ4n) is 1.43. The molecule has 0 aromatic carbocycles. The van der Waals surface area contributed by atoms with Crippen molar-refractivity contribution in [1.29, 1.82) is 0 Å². The zero-order valence-corrected chi connectivity index (χ0v) is 8.59. The third-order valence-corrected chi connectivity index (χ3v) is 2.63. The molecule has 0 bridgehead atoms. The van der Waals surface area contributed by atoms with E-state index in [-0.39, 0.29) is 6.42 Å². The van der Waals surface area contributed by atoms with Gasteiger partial charge in [-0.3, -0.25) is 4.79 Å². The van der Waals surface area contributed by atoms with Gasteiger partial charge in [-0.15, -0.1) is 0 Å². The Morgan fingerprint density at radius 3 is 2.50 bits per heavy atom. The molecule has 0 unspecified atom stereocenters. The molecule has 2 N–H and O–H groups in total. The molecule has 5 heteroatoms. The van der Waals surface area contributed by atoms with Gasteiger partial charge < -0.3 is 15.2 Å². The Hall–Kier alpha value is -1.10. The lowest BCUT2D eigenvalue weighted by molar-refractivity contribution is -0.159. The van der Waals surface area contributed by atoms with Gasteiger partial charge in [0.15, 0.2) is 0 Å². The number of carbonyl (C=O) groups is 2. The molecule has 1 rings (SSSR count). The highest BCUT2D eigenvalue weighted by molar-refractivity contribution is 5.93. The molecule has 0 spiro atoms. The Kier molecular flexibility index (Phi) is 2.54. The fourth-order valence-corrected chi connectivity index (χ4v) is 1.43. The highest BCUT2D eigenvalue weighted by Gasteiger charge is 2.46. The van der Waals surface area contributed by atoms with Gasteiger partial charge >= 0.3 is 5.97 Å². The van der Waals surface area contributed by atoms with E-state index >= 15 is 0 Å². The molecule has 1 fully saturated rings. The maximum Gasteiger partial charge on any atom is 0.331 e. The van der Waals surface area contributed by atoms with Crippen molar-refractivity contribution in [2.75, 3.05) is 7.11 Å². The number of aliphatic hydroxyl groups is 1. The monoisotopic (exact) mass is 201 g/mol. The Morgan fingerprint density at radius 1 is 1.50 bits per heavy atom. The number of hydrogen-bond acceptors (Lipinski definition) is 4. The molecule has 0 aromatic heterocycles. The third-order valence-electron chi connectivity index (χ3n) is 2.63. The van der Waals surface area contributed by atoms with Gasteiger partial charge in [-0.2, -0.15) is 0 Å². The van der Waals surface area contributed by atoms with E-state index in [1.54, 1.807) is 6.92 Å². The molecule has 0 radical (unpaired) electrons. The lowest BCUT2D eigenvalue weighted by atomic mass is 9.83. The lowest BCUT2D eigenvalue weighted by Gasteiger charge is -2.38. The van der Waals surface area contributed by atoms with Gasteiger partial charge in [0.1, 0.15) is 11.1 Å². The molecule has 14 heavy (non-hydrogen) atoms. The number of methoxy groups -OCH3 is 1. The summed E-state index contributed by atoms with van der Waals surface area (Å²) in [6.07, 6.45) is 0.628. The van der Waals surface area contributed by atoms with E-state index in [1.807, 2.05) is 0 Å². The van der Waals surface area contributed by atoms with Crippen LogP contribution in [0.25, 0.3) is 0 Å². The van der Waals surface area contributed by atoms with E-state index in [9.17, 15) is 14.7 Å². The number of ether oxygens (including phenoxy) is 1. The maximum atomic E-state index is 11.4. The molecule has 0 aliphatic carbocycles. The van der Waals surface area contributed by atoms with E-state index in [4.69, 9.17) is 0 Å². The van der Waals surface area contributed by atoms with Crippen molar-refractivity contribution in [2.24, 2.45) is 0 Å². The van der Waals surface area contributed by atoms with Gasteiger partial charge in [0.2, 0.25) is 0 Å². The van der Waals surface area contributed by atoms with Gasteiger partial charge in [0.25, 0.3) is 5.91 Å². The van der Waals surface area contributed by atoms with Crippen LogP contribution in [0.15, 0.2) is 0 Å². The van der Waals surface area contributed by atoms with E-state index in [0.717, 1.165) is 0 Å². The first-order chi connectivity index (χ1) is 6.32. The SMILES string of the molecule is COC(=O)[C@@]1(C)CC[C@@](C)(O)C(=O)N1. The third kappa shape index (κ3) is 1.72. The minimum Gasteiger partial charge on any atom is -0.467 e. The standard InChI is InChI=1S/C9H15NO4/c1-8(7(12)14-3)4-5-9(2,13)6(11)10-8/h13H,4-5H2,1-3H3,(H,10,11)/t8-,9-/m1/s1. The number of piperidine rings is 1.